The van der Waals surface area contributed by atoms with E-state index in [2.05, 4.69) is 15.1 Å². The van der Waals surface area contributed by atoms with E-state index in [9.17, 15) is 18.0 Å². The van der Waals surface area contributed by atoms with Crippen molar-refractivity contribution in [2.75, 3.05) is 11.9 Å². The van der Waals surface area contributed by atoms with Crippen LogP contribution in [-0.2, 0) is 12.7 Å². The molecule has 0 atom stereocenters. The van der Waals surface area contributed by atoms with Gasteiger partial charge in [0.15, 0.2) is 0 Å². The number of rotatable bonds is 5. The quantitative estimate of drug-likeness (QED) is 0.400. The largest absolute Gasteiger partial charge is 0.433 e. The Morgan fingerprint density at radius 3 is 2.45 bits per heavy atom. The van der Waals surface area contributed by atoms with Crippen molar-refractivity contribution in [2.45, 2.75) is 33.0 Å². The first-order valence-electron chi connectivity index (χ1n) is 10.4. The molecular formula is C24H22F3N5O. The zero-order valence-corrected chi connectivity index (χ0v) is 18.4. The normalized spacial score (nSPS) is 11.7. The average molecular weight is 453 g/mol. The number of hydrogen-bond acceptors (Lipinski definition) is 4. The third-order valence-corrected chi connectivity index (χ3v) is 5.36. The second kappa shape index (κ2) is 8.65. The van der Waals surface area contributed by atoms with Crippen molar-refractivity contribution >= 4 is 22.6 Å². The third kappa shape index (κ3) is 4.44. The average Bonchev–Trinajstić information content (AvgIpc) is 3.25. The van der Waals surface area contributed by atoms with Crippen molar-refractivity contribution in [1.82, 2.24) is 19.7 Å². The van der Waals surface area contributed by atoms with Gasteiger partial charge in [-0.2, -0.15) is 18.3 Å². The lowest BCUT2D eigenvalue weighted by atomic mass is 10.1. The third-order valence-electron chi connectivity index (χ3n) is 5.36. The standard InChI is InChI=1S/C24H22F3N5O/c1-4-13-32-21(11-12-28-32)23(33)31(3)20-9-5-16(14-15(20)2)17-6-7-19-18(29-17)8-10-22(30-19)24(25,26)27/h5-12,14H,4,13H2,1-3H3. The Labute approximate surface area is 188 Å². The number of carbonyl (C=O) groups is 1. The zero-order chi connectivity index (χ0) is 23.8. The summed E-state index contributed by atoms with van der Waals surface area (Å²) in [5, 5.41) is 4.22. The van der Waals surface area contributed by atoms with Crippen molar-refractivity contribution in [3.05, 3.63) is 71.7 Å². The Morgan fingerprint density at radius 2 is 1.76 bits per heavy atom. The van der Waals surface area contributed by atoms with Crippen molar-refractivity contribution in [3.63, 3.8) is 0 Å². The number of aromatic nitrogens is 4. The summed E-state index contributed by atoms with van der Waals surface area (Å²) < 4.78 is 40.4. The van der Waals surface area contributed by atoms with Crippen LogP contribution in [0.1, 0.15) is 35.1 Å². The molecule has 170 valence electrons. The maximum Gasteiger partial charge on any atom is 0.433 e. The lowest BCUT2D eigenvalue weighted by molar-refractivity contribution is -0.140. The van der Waals surface area contributed by atoms with Crippen molar-refractivity contribution in [2.24, 2.45) is 0 Å². The van der Waals surface area contributed by atoms with Gasteiger partial charge in [-0.1, -0.05) is 13.0 Å². The lowest BCUT2D eigenvalue weighted by Crippen LogP contribution is -2.29. The van der Waals surface area contributed by atoms with Gasteiger partial charge in [-0.25, -0.2) is 9.97 Å². The fourth-order valence-electron chi connectivity index (χ4n) is 3.70. The van der Waals surface area contributed by atoms with Crippen LogP contribution in [0.3, 0.4) is 0 Å². The van der Waals surface area contributed by atoms with Gasteiger partial charge in [0, 0.05) is 31.0 Å². The van der Waals surface area contributed by atoms with Gasteiger partial charge >= 0.3 is 6.18 Å². The Morgan fingerprint density at radius 1 is 1.03 bits per heavy atom. The predicted octanol–water partition coefficient (Wildman–Crippen LogP) is 5.51. The first-order chi connectivity index (χ1) is 15.7. The van der Waals surface area contributed by atoms with E-state index in [-0.39, 0.29) is 11.4 Å². The monoisotopic (exact) mass is 453 g/mol. The highest BCUT2D eigenvalue weighted by molar-refractivity contribution is 6.05. The first kappa shape index (κ1) is 22.4. The highest BCUT2D eigenvalue weighted by atomic mass is 19.4. The van der Waals surface area contributed by atoms with Crippen molar-refractivity contribution in [3.8, 4) is 11.3 Å². The van der Waals surface area contributed by atoms with Crippen LogP contribution >= 0.6 is 0 Å². The number of carbonyl (C=O) groups excluding carboxylic acids is 1. The van der Waals surface area contributed by atoms with E-state index >= 15 is 0 Å². The summed E-state index contributed by atoms with van der Waals surface area (Å²) in [7, 11) is 1.71. The summed E-state index contributed by atoms with van der Waals surface area (Å²) in [6.45, 7) is 4.57. The zero-order valence-electron chi connectivity index (χ0n) is 18.4. The second-order valence-corrected chi connectivity index (χ2v) is 7.73. The van der Waals surface area contributed by atoms with E-state index in [1.165, 1.54) is 12.1 Å². The fraction of sp³-hybridized carbons (Fsp3) is 0.250. The maximum absolute atomic E-state index is 13.0. The van der Waals surface area contributed by atoms with Gasteiger partial charge < -0.3 is 4.90 Å². The van der Waals surface area contributed by atoms with Gasteiger partial charge in [-0.05, 0) is 61.4 Å². The molecule has 0 saturated heterocycles. The number of amides is 1. The highest BCUT2D eigenvalue weighted by Gasteiger charge is 2.32. The Kier molecular flexibility index (Phi) is 5.88. The number of alkyl halides is 3. The summed E-state index contributed by atoms with van der Waals surface area (Å²) >= 11 is 0. The number of nitrogens with zero attached hydrogens (tertiary/aromatic N) is 5. The first-order valence-corrected chi connectivity index (χ1v) is 10.4. The molecule has 4 aromatic rings. The van der Waals surface area contributed by atoms with Crippen molar-refractivity contribution < 1.29 is 18.0 Å². The molecule has 0 fully saturated rings. The molecule has 1 aromatic carbocycles. The summed E-state index contributed by atoms with van der Waals surface area (Å²) in [5.74, 6) is -0.160. The molecule has 33 heavy (non-hydrogen) atoms. The number of fused-ring (bicyclic) bond motifs is 1. The molecule has 0 bridgehead atoms. The van der Waals surface area contributed by atoms with Gasteiger partial charge in [0.1, 0.15) is 11.4 Å². The molecule has 6 nitrogen and oxygen atoms in total. The number of pyridine rings is 2. The summed E-state index contributed by atoms with van der Waals surface area (Å²) in [4.78, 5) is 22.7. The van der Waals surface area contributed by atoms with Crippen LogP contribution in [0.4, 0.5) is 18.9 Å². The lowest BCUT2D eigenvalue weighted by Gasteiger charge is -2.20. The van der Waals surface area contributed by atoms with Crippen molar-refractivity contribution in [1.29, 1.82) is 0 Å². The minimum absolute atomic E-state index is 0.160. The Hall–Kier alpha value is -3.75. The fourth-order valence-corrected chi connectivity index (χ4v) is 3.70. The molecule has 4 rings (SSSR count). The topological polar surface area (TPSA) is 63.9 Å². The SMILES string of the molecule is CCCn1nccc1C(=O)N(C)c1ccc(-c2ccc3nc(C(F)(F)F)ccc3n2)cc1C. The van der Waals surface area contributed by atoms with Gasteiger partial charge in [-0.15, -0.1) is 0 Å². The minimum Gasteiger partial charge on any atom is -0.310 e. The molecule has 3 aromatic heterocycles. The molecule has 0 N–H and O–H groups in total. The van der Waals surface area contributed by atoms with Gasteiger partial charge in [0.2, 0.25) is 0 Å². The Balaban J connectivity index is 1.62. The summed E-state index contributed by atoms with van der Waals surface area (Å²) in [5.41, 5.74) is 3.11. The molecule has 1 amide bonds. The number of aryl methyl sites for hydroxylation is 2. The molecule has 0 radical (unpaired) electrons. The maximum atomic E-state index is 13.0. The van der Waals surface area contributed by atoms with E-state index < -0.39 is 11.9 Å². The van der Waals surface area contributed by atoms with E-state index in [0.29, 0.717) is 23.4 Å². The molecule has 0 aliphatic heterocycles. The van der Waals surface area contributed by atoms with Gasteiger partial charge in [-0.3, -0.25) is 9.48 Å². The smallest absolute Gasteiger partial charge is 0.310 e. The van der Waals surface area contributed by atoms with Gasteiger partial charge in [0.25, 0.3) is 5.91 Å². The van der Waals surface area contributed by atoms with Crippen LogP contribution in [0, 0.1) is 6.92 Å². The molecule has 0 saturated carbocycles. The molecule has 0 aliphatic rings. The Bertz CT molecular complexity index is 1330. The number of anilines is 1. The van der Waals surface area contributed by atoms with Crippen LogP contribution < -0.4 is 4.90 Å². The van der Waals surface area contributed by atoms with E-state index in [1.807, 2.05) is 32.0 Å². The molecule has 0 aliphatic carbocycles. The molecule has 0 unspecified atom stereocenters. The molecule has 3 heterocycles. The predicted molar refractivity (Wildman–Crippen MR) is 120 cm³/mol. The molecular weight excluding hydrogens is 431 g/mol. The number of halogens is 3. The highest BCUT2D eigenvalue weighted by Crippen LogP contribution is 2.30. The van der Waals surface area contributed by atoms with Crippen LogP contribution in [0.5, 0.6) is 0 Å². The summed E-state index contributed by atoms with van der Waals surface area (Å²) in [6, 6.07) is 12.7. The number of hydrogen-bond donors (Lipinski definition) is 0. The van der Waals surface area contributed by atoms with E-state index in [1.54, 1.807) is 35.0 Å². The number of benzene rings is 1. The molecule has 0 spiro atoms. The van der Waals surface area contributed by atoms with Gasteiger partial charge in [0.05, 0.1) is 16.7 Å². The molecule has 9 heteroatoms. The van der Waals surface area contributed by atoms with E-state index in [0.717, 1.165) is 29.3 Å². The van der Waals surface area contributed by atoms with Crippen LogP contribution in [0.25, 0.3) is 22.3 Å². The van der Waals surface area contributed by atoms with Crippen LogP contribution in [0.15, 0.2) is 54.7 Å². The summed E-state index contributed by atoms with van der Waals surface area (Å²) in [6.07, 6.45) is -2.02. The second-order valence-electron chi connectivity index (χ2n) is 7.73. The van der Waals surface area contributed by atoms with E-state index in [4.69, 9.17) is 0 Å². The van der Waals surface area contributed by atoms with Crippen LogP contribution in [0.2, 0.25) is 0 Å². The minimum atomic E-state index is -4.50. The van der Waals surface area contributed by atoms with Crippen LogP contribution in [-0.4, -0.2) is 32.7 Å².